The normalized spacial score (nSPS) is 15.4. The first kappa shape index (κ1) is 22.5. The van der Waals surface area contributed by atoms with E-state index in [9.17, 15) is 18.0 Å². The SMILES string of the molecule is COc1ccccc1C(=O)N1CCN(S(=O)(=O)c2ccc3c(c2)sc(=O)n3C(C)C)CC1. The molecule has 1 fully saturated rings. The molecule has 1 amide bonds. The quantitative estimate of drug-likeness (QED) is 0.566. The molecule has 0 unspecified atom stereocenters. The molecular formula is C22H25N3O5S2. The summed E-state index contributed by atoms with van der Waals surface area (Å²) in [6.45, 7) is 4.81. The molecular weight excluding hydrogens is 450 g/mol. The summed E-state index contributed by atoms with van der Waals surface area (Å²) in [6.07, 6.45) is 0. The van der Waals surface area contributed by atoms with Crippen molar-refractivity contribution in [1.29, 1.82) is 0 Å². The van der Waals surface area contributed by atoms with Gasteiger partial charge < -0.3 is 9.64 Å². The number of para-hydroxylation sites is 1. The minimum absolute atomic E-state index is 0.00689. The number of methoxy groups -OCH3 is 1. The molecule has 10 heteroatoms. The fourth-order valence-corrected chi connectivity index (χ4v) is 6.51. The van der Waals surface area contributed by atoms with Gasteiger partial charge in [-0.05, 0) is 44.2 Å². The maximum atomic E-state index is 13.2. The lowest BCUT2D eigenvalue weighted by Gasteiger charge is -2.34. The van der Waals surface area contributed by atoms with Gasteiger partial charge in [-0.3, -0.25) is 14.2 Å². The maximum absolute atomic E-state index is 13.2. The van der Waals surface area contributed by atoms with Crippen LogP contribution >= 0.6 is 11.3 Å². The second-order valence-corrected chi connectivity index (χ2v) is 10.8. The van der Waals surface area contributed by atoms with E-state index < -0.39 is 10.0 Å². The number of hydrogen-bond acceptors (Lipinski definition) is 6. The van der Waals surface area contributed by atoms with Gasteiger partial charge in [-0.1, -0.05) is 23.5 Å². The first-order chi connectivity index (χ1) is 15.2. The number of thiazole rings is 1. The van der Waals surface area contributed by atoms with E-state index in [0.29, 0.717) is 16.0 Å². The Balaban J connectivity index is 1.53. The lowest BCUT2D eigenvalue weighted by Crippen LogP contribution is -2.50. The molecule has 4 rings (SSSR count). The summed E-state index contributed by atoms with van der Waals surface area (Å²) >= 11 is 1.05. The summed E-state index contributed by atoms with van der Waals surface area (Å²) in [7, 11) is -2.22. The Labute approximate surface area is 190 Å². The van der Waals surface area contributed by atoms with E-state index >= 15 is 0 Å². The number of ether oxygens (including phenoxy) is 1. The summed E-state index contributed by atoms with van der Waals surface area (Å²) in [6, 6.07) is 11.8. The largest absolute Gasteiger partial charge is 0.496 e. The lowest BCUT2D eigenvalue weighted by molar-refractivity contribution is 0.0694. The van der Waals surface area contributed by atoms with Crippen LogP contribution in [0.5, 0.6) is 5.75 Å². The molecule has 1 aromatic heterocycles. The van der Waals surface area contributed by atoms with Crippen LogP contribution in [0.3, 0.4) is 0 Å². The number of rotatable bonds is 5. The second kappa shape index (κ2) is 8.68. The summed E-state index contributed by atoms with van der Waals surface area (Å²) in [5.74, 6) is 0.314. The highest BCUT2D eigenvalue weighted by Crippen LogP contribution is 2.27. The zero-order valence-corrected chi connectivity index (χ0v) is 19.8. The van der Waals surface area contributed by atoms with Crippen molar-refractivity contribution < 1.29 is 17.9 Å². The fourth-order valence-electron chi connectivity index (χ4n) is 3.94. The predicted octanol–water partition coefficient (Wildman–Crippen LogP) is 2.80. The third kappa shape index (κ3) is 3.94. The molecule has 1 aliphatic rings. The second-order valence-electron chi connectivity index (χ2n) is 7.86. The van der Waals surface area contributed by atoms with Crippen LogP contribution < -0.4 is 9.61 Å². The number of carbonyl (C=O) groups excluding carboxylic acids is 1. The van der Waals surface area contributed by atoms with E-state index in [0.717, 1.165) is 16.9 Å². The van der Waals surface area contributed by atoms with Crippen molar-refractivity contribution in [3.8, 4) is 5.75 Å². The van der Waals surface area contributed by atoms with Gasteiger partial charge in [0.15, 0.2) is 0 Å². The number of aromatic nitrogens is 1. The Hall–Kier alpha value is -2.69. The van der Waals surface area contributed by atoms with Gasteiger partial charge >= 0.3 is 4.87 Å². The molecule has 1 aliphatic heterocycles. The van der Waals surface area contributed by atoms with Crippen LogP contribution in [-0.2, 0) is 10.0 Å². The van der Waals surface area contributed by atoms with Crippen molar-refractivity contribution in [3.05, 3.63) is 57.7 Å². The monoisotopic (exact) mass is 475 g/mol. The van der Waals surface area contributed by atoms with Crippen LogP contribution in [0, 0.1) is 0 Å². The lowest BCUT2D eigenvalue weighted by atomic mass is 10.1. The maximum Gasteiger partial charge on any atom is 0.308 e. The van der Waals surface area contributed by atoms with E-state index in [1.165, 1.54) is 11.4 Å². The van der Waals surface area contributed by atoms with Crippen molar-refractivity contribution in [2.75, 3.05) is 33.3 Å². The predicted molar refractivity (Wildman–Crippen MR) is 124 cm³/mol. The molecule has 1 saturated heterocycles. The number of hydrogen-bond donors (Lipinski definition) is 0. The smallest absolute Gasteiger partial charge is 0.308 e. The minimum atomic E-state index is -3.74. The number of fused-ring (bicyclic) bond motifs is 1. The molecule has 32 heavy (non-hydrogen) atoms. The Morgan fingerprint density at radius 2 is 1.75 bits per heavy atom. The Bertz CT molecular complexity index is 1320. The van der Waals surface area contributed by atoms with Crippen molar-refractivity contribution in [3.63, 3.8) is 0 Å². The summed E-state index contributed by atoms with van der Waals surface area (Å²) < 4.78 is 35.4. The van der Waals surface area contributed by atoms with Gasteiger partial charge in [-0.25, -0.2) is 8.42 Å². The van der Waals surface area contributed by atoms with Crippen LogP contribution in [0.25, 0.3) is 10.2 Å². The van der Waals surface area contributed by atoms with E-state index in [4.69, 9.17) is 4.74 Å². The van der Waals surface area contributed by atoms with Crippen LogP contribution in [0.15, 0.2) is 52.2 Å². The van der Waals surface area contributed by atoms with Gasteiger partial charge in [0.2, 0.25) is 10.0 Å². The van der Waals surface area contributed by atoms with Gasteiger partial charge in [0, 0.05) is 32.2 Å². The molecule has 0 saturated carbocycles. The molecule has 0 radical (unpaired) electrons. The summed E-state index contributed by atoms with van der Waals surface area (Å²) in [5.41, 5.74) is 1.20. The zero-order valence-electron chi connectivity index (χ0n) is 18.1. The molecule has 2 heterocycles. The van der Waals surface area contributed by atoms with Crippen molar-refractivity contribution in [2.45, 2.75) is 24.8 Å². The fraction of sp³-hybridized carbons (Fsp3) is 0.364. The Kier molecular flexibility index (Phi) is 6.11. The third-order valence-electron chi connectivity index (χ3n) is 5.60. The highest BCUT2D eigenvalue weighted by Gasteiger charge is 2.31. The molecule has 0 spiro atoms. The molecule has 0 bridgehead atoms. The number of benzene rings is 2. The molecule has 0 N–H and O–H groups in total. The standard InChI is InChI=1S/C22H25N3O5S2/c1-15(2)25-18-9-8-16(14-20(18)31-22(25)27)32(28,29)24-12-10-23(11-13-24)21(26)17-6-4-5-7-19(17)30-3/h4-9,14-15H,10-13H2,1-3H3. The van der Waals surface area contributed by atoms with Gasteiger partial charge in [-0.2, -0.15) is 4.31 Å². The van der Waals surface area contributed by atoms with Gasteiger partial charge in [0.05, 0.1) is 27.8 Å². The average molecular weight is 476 g/mol. The first-order valence-corrected chi connectivity index (χ1v) is 12.6. The third-order valence-corrected chi connectivity index (χ3v) is 8.42. The Morgan fingerprint density at radius 3 is 2.41 bits per heavy atom. The van der Waals surface area contributed by atoms with Gasteiger partial charge in [-0.15, -0.1) is 0 Å². The highest BCUT2D eigenvalue weighted by atomic mass is 32.2. The van der Waals surface area contributed by atoms with Gasteiger partial charge in [0.25, 0.3) is 5.91 Å². The van der Waals surface area contributed by atoms with Crippen molar-refractivity contribution in [1.82, 2.24) is 13.8 Å². The number of amides is 1. The van der Waals surface area contributed by atoms with Crippen LogP contribution in [-0.4, -0.2) is 61.4 Å². The molecule has 3 aromatic rings. The Morgan fingerprint density at radius 1 is 1.06 bits per heavy atom. The minimum Gasteiger partial charge on any atom is -0.496 e. The van der Waals surface area contributed by atoms with E-state index in [1.807, 2.05) is 13.8 Å². The van der Waals surface area contributed by atoms with E-state index in [-0.39, 0.29) is 47.9 Å². The molecule has 8 nitrogen and oxygen atoms in total. The summed E-state index contributed by atoms with van der Waals surface area (Å²) in [4.78, 5) is 26.9. The van der Waals surface area contributed by atoms with Crippen LogP contribution in [0.4, 0.5) is 0 Å². The molecule has 0 aliphatic carbocycles. The summed E-state index contributed by atoms with van der Waals surface area (Å²) in [5, 5.41) is 0. The van der Waals surface area contributed by atoms with Crippen molar-refractivity contribution >= 4 is 37.5 Å². The number of nitrogens with zero attached hydrogens (tertiary/aromatic N) is 3. The van der Waals surface area contributed by atoms with E-state index in [2.05, 4.69) is 0 Å². The number of carbonyl (C=O) groups is 1. The highest BCUT2D eigenvalue weighted by molar-refractivity contribution is 7.89. The first-order valence-electron chi connectivity index (χ1n) is 10.3. The number of sulfonamides is 1. The van der Waals surface area contributed by atoms with Crippen LogP contribution in [0.2, 0.25) is 0 Å². The molecule has 170 valence electrons. The average Bonchev–Trinajstić information content (AvgIpc) is 3.13. The van der Waals surface area contributed by atoms with E-state index in [1.54, 1.807) is 51.9 Å². The topological polar surface area (TPSA) is 88.9 Å². The van der Waals surface area contributed by atoms with Crippen molar-refractivity contribution in [2.24, 2.45) is 0 Å². The van der Waals surface area contributed by atoms with Crippen LogP contribution in [0.1, 0.15) is 30.2 Å². The number of piperazine rings is 1. The molecule has 0 atom stereocenters. The zero-order chi connectivity index (χ0) is 23.0. The van der Waals surface area contributed by atoms with Gasteiger partial charge in [0.1, 0.15) is 5.75 Å². The molecule has 2 aromatic carbocycles.